The minimum atomic E-state index is -0.627. The van der Waals surface area contributed by atoms with Crippen molar-refractivity contribution in [3.05, 3.63) is 54.1 Å². The molecule has 0 aliphatic carbocycles. The standard InChI is InChI=1S/C15H18N2O2/c1-11(2)19-14-7-12(9-16-10-14)15(18)8-13-5-3-4-6-17-13/h3-7,9-11,15,18H,8H2,1-2H3. The molecule has 0 bridgehead atoms. The average molecular weight is 258 g/mol. The normalized spacial score (nSPS) is 12.4. The van der Waals surface area contributed by atoms with Gasteiger partial charge in [0, 0.05) is 30.1 Å². The predicted molar refractivity (Wildman–Crippen MR) is 72.9 cm³/mol. The van der Waals surface area contributed by atoms with Crippen LogP contribution < -0.4 is 4.74 Å². The highest BCUT2D eigenvalue weighted by molar-refractivity contribution is 5.26. The lowest BCUT2D eigenvalue weighted by molar-refractivity contribution is 0.175. The number of aliphatic hydroxyl groups is 1. The van der Waals surface area contributed by atoms with Gasteiger partial charge >= 0.3 is 0 Å². The number of aromatic nitrogens is 2. The van der Waals surface area contributed by atoms with Gasteiger partial charge in [0.05, 0.1) is 18.4 Å². The Hall–Kier alpha value is -1.94. The van der Waals surface area contributed by atoms with Gasteiger partial charge in [-0.15, -0.1) is 0 Å². The first-order valence-electron chi connectivity index (χ1n) is 6.34. The molecular formula is C15H18N2O2. The van der Waals surface area contributed by atoms with E-state index in [9.17, 15) is 5.11 Å². The van der Waals surface area contributed by atoms with E-state index >= 15 is 0 Å². The molecule has 2 rings (SSSR count). The molecule has 0 aliphatic heterocycles. The summed E-state index contributed by atoms with van der Waals surface area (Å²) in [6, 6.07) is 7.48. The van der Waals surface area contributed by atoms with Crippen molar-refractivity contribution >= 4 is 0 Å². The zero-order valence-corrected chi connectivity index (χ0v) is 11.2. The number of aliphatic hydroxyl groups excluding tert-OH is 1. The van der Waals surface area contributed by atoms with Gasteiger partial charge in [-0.1, -0.05) is 6.07 Å². The Bertz CT molecular complexity index is 515. The zero-order chi connectivity index (χ0) is 13.7. The summed E-state index contributed by atoms with van der Waals surface area (Å²) in [7, 11) is 0. The van der Waals surface area contributed by atoms with E-state index in [2.05, 4.69) is 9.97 Å². The van der Waals surface area contributed by atoms with Gasteiger partial charge in [0.25, 0.3) is 0 Å². The molecule has 4 nitrogen and oxygen atoms in total. The Labute approximate surface area is 113 Å². The van der Waals surface area contributed by atoms with Crippen LogP contribution in [0.5, 0.6) is 5.75 Å². The summed E-state index contributed by atoms with van der Waals surface area (Å²) in [5.41, 5.74) is 1.59. The van der Waals surface area contributed by atoms with Gasteiger partial charge in [-0.2, -0.15) is 0 Å². The third-order valence-electron chi connectivity index (χ3n) is 2.62. The van der Waals surface area contributed by atoms with Gasteiger partial charge in [0.15, 0.2) is 0 Å². The maximum Gasteiger partial charge on any atom is 0.138 e. The number of hydrogen-bond donors (Lipinski definition) is 1. The second kappa shape index (κ2) is 6.29. The van der Waals surface area contributed by atoms with Crippen molar-refractivity contribution in [3.63, 3.8) is 0 Å². The maximum atomic E-state index is 10.2. The first-order valence-corrected chi connectivity index (χ1v) is 6.34. The van der Waals surface area contributed by atoms with Crippen LogP contribution in [0.4, 0.5) is 0 Å². The predicted octanol–water partition coefficient (Wildman–Crippen LogP) is 2.54. The van der Waals surface area contributed by atoms with Crippen molar-refractivity contribution in [1.29, 1.82) is 0 Å². The molecule has 2 aromatic heterocycles. The molecule has 0 fully saturated rings. The molecule has 0 aliphatic rings. The van der Waals surface area contributed by atoms with E-state index in [1.54, 1.807) is 18.6 Å². The smallest absolute Gasteiger partial charge is 0.138 e. The maximum absolute atomic E-state index is 10.2. The van der Waals surface area contributed by atoms with Crippen molar-refractivity contribution in [2.45, 2.75) is 32.5 Å². The lowest BCUT2D eigenvalue weighted by atomic mass is 10.1. The van der Waals surface area contributed by atoms with E-state index in [4.69, 9.17) is 4.74 Å². The fourth-order valence-electron chi connectivity index (χ4n) is 1.79. The zero-order valence-electron chi connectivity index (χ0n) is 11.2. The molecule has 0 saturated heterocycles. The Kier molecular flexibility index (Phi) is 4.47. The summed E-state index contributed by atoms with van der Waals surface area (Å²) in [5, 5.41) is 10.2. The topological polar surface area (TPSA) is 55.2 Å². The van der Waals surface area contributed by atoms with Crippen LogP contribution in [0.25, 0.3) is 0 Å². The number of ether oxygens (including phenoxy) is 1. The first kappa shape index (κ1) is 13.5. The van der Waals surface area contributed by atoms with Crippen molar-refractivity contribution < 1.29 is 9.84 Å². The lowest BCUT2D eigenvalue weighted by Crippen LogP contribution is -2.08. The molecule has 1 unspecified atom stereocenters. The fourth-order valence-corrected chi connectivity index (χ4v) is 1.79. The highest BCUT2D eigenvalue weighted by Gasteiger charge is 2.11. The van der Waals surface area contributed by atoms with Crippen molar-refractivity contribution in [1.82, 2.24) is 9.97 Å². The van der Waals surface area contributed by atoms with Gasteiger partial charge in [-0.25, -0.2) is 0 Å². The fraction of sp³-hybridized carbons (Fsp3) is 0.333. The molecule has 0 spiro atoms. The minimum absolute atomic E-state index is 0.0879. The molecule has 2 aromatic rings. The van der Waals surface area contributed by atoms with Crippen LogP contribution in [0.2, 0.25) is 0 Å². The molecule has 1 N–H and O–H groups in total. The summed E-state index contributed by atoms with van der Waals surface area (Å²) in [5.74, 6) is 0.674. The molecule has 0 saturated carbocycles. The molecule has 100 valence electrons. The van der Waals surface area contributed by atoms with E-state index in [1.807, 2.05) is 38.1 Å². The highest BCUT2D eigenvalue weighted by atomic mass is 16.5. The third kappa shape index (κ3) is 4.03. The number of rotatable bonds is 5. The Morgan fingerprint density at radius 3 is 2.79 bits per heavy atom. The van der Waals surface area contributed by atoms with Crippen LogP contribution in [0.15, 0.2) is 42.9 Å². The van der Waals surface area contributed by atoms with E-state index < -0.39 is 6.10 Å². The molecule has 19 heavy (non-hydrogen) atoms. The molecule has 0 amide bonds. The monoisotopic (exact) mass is 258 g/mol. The van der Waals surface area contributed by atoms with Gasteiger partial charge in [-0.3, -0.25) is 9.97 Å². The largest absolute Gasteiger partial charge is 0.489 e. The average Bonchev–Trinajstić information content (AvgIpc) is 2.39. The summed E-state index contributed by atoms with van der Waals surface area (Å²) < 4.78 is 5.57. The van der Waals surface area contributed by atoms with Crippen molar-refractivity contribution in [3.8, 4) is 5.75 Å². The Morgan fingerprint density at radius 1 is 1.26 bits per heavy atom. The van der Waals surface area contributed by atoms with Gasteiger partial charge < -0.3 is 9.84 Å². The molecule has 0 aromatic carbocycles. The quantitative estimate of drug-likeness (QED) is 0.895. The van der Waals surface area contributed by atoms with Gasteiger partial charge in [0.2, 0.25) is 0 Å². The number of pyridine rings is 2. The van der Waals surface area contributed by atoms with Crippen LogP contribution in [-0.4, -0.2) is 21.2 Å². The van der Waals surface area contributed by atoms with Crippen molar-refractivity contribution in [2.75, 3.05) is 0 Å². The van der Waals surface area contributed by atoms with Crippen LogP contribution in [0.1, 0.15) is 31.2 Å². The summed E-state index contributed by atoms with van der Waals surface area (Å²) in [6.07, 6.45) is 4.95. The third-order valence-corrected chi connectivity index (χ3v) is 2.62. The summed E-state index contributed by atoms with van der Waals surface area (Å²) >= 11 is 0. The second-order valence-corrected chi connectivity index (χ2v) is 4.66. The number of nitrogens with zero attached hydrogens (tertiary/aromatic N) is 2. The first-order chi connectivity index (χ1) is 9.15. The van der Waals surface area contributed by atoms with Gasteiger partial charge in [0.1, 0.15) is 5.75 Å². The molecule has 0 radical (unpaired) electrons. The molecule has 4 heteroatoms. The Morgan fingerprint density at radius 2 is 2.11 bits per heavy atom. The summed E-state index contributed by atoms with van der Waals surface area (Å²) in [4.78, 5) is 8.30. The lowest BCUT2D eigenvalue weighted by Gasteiger charge is -2.13. The van der Waals surface area contributed by atoms with Crippen LogP contribution >= 0.6 is 0 Å². The summed E-state index contributed by atoms with van der Waals surface area (Å²) in [6.45, 7) is 3.91. The second-order valence-electron chi connectivity index (χ2n) is 4.66. The van der Waals surface area contributed by atoms with Gasteiger partial charge in [-0.05, 0) is 32.0 Å². The van der Waals surface area contributed by atoms with E-state index in [-0.39, 0.29) is 6.10 Å². The SMILES string of the molecule is CC(C)Oc1cncc(C(O)Cc2ccccn2)c1. The molecule has 1 atom stereocenters. The molecule has 2 heterocycles. The highest BCUT2D eigenvalue weighted by Crippen LogP contribution is 2.21. The molecular weight excluding hydrogens is 240 g/mol. The Balaban J connectivity index is 2.08. The number of hydrogen-bond acceptors (Lipinski definition) is 4. The van der Waals surface area contributed by atoms with E-state index in [0.717, 1.165) is 11.3 Å². The van der Waals surface area contributed by atoms with E-state index in [1.165, 1.54) is 0 Å². The van der Waals surface area contributed by atoms with E-state index in [0.29, 0.717) is 12.2 Å². The van der Waals surface area contributed by atoms with Crippen LogP contribution in [0.3, 0.4) is 0 Å². The minimum Gasteiger partial charge on any atom is -0.489 e. The van der Waals surface area contributed by atoms with Crippen LogP contribution in [0, 0.1) is 0 Å². The van der Waals surface area contributed by atoms with Crippen molar-refractivity contribution in [2.24, 2.45) is 0 Å². The van der Waals surface area contributed by atoms with Crippen LogP contribution in [-0.2, 0) is 6.42 Å².